The highest BCUT2D eigenvalue weighted by molar-refractivity contribution is 5.97. The average Bonchev–Trinajstić information content (AvgIpc) is 2.67. The minimum Gasteiger partial charge on any atom is -0.488 e. The molecule has 132 valence electrons. The molecule has 0 amide bonds. The molecule has 0 saturated heterocycles. The van der Waals surface area contributed by atoms with Crippen LogP contribution in [0.2, 0.25) is 0 Å². The van der Waals surface area contributed by atoms with Crippen molar-refractivity contribution in [1.82, 2.24) is 0 Å². The summed E-state index contributed by atoms with van der Waals surface area (Å²) >= 11 is 0. The summed E-state index contributed by atoms with van der Waals surface area (Å²) in [4.78, 5) is 12.0. The second-order valence-corrected chi connectivity index (χ2v) is 6.17. The van der Waals surface area contributed by atoms with Crippen molar-refractivity contribution in [2.45, 2.75) is 27.1 Å². The molecule has 0 aliphatic carbocycles. The maximum Gasteiger partial charge on any atom is 0.163 e. The van der Waals surface area contributed by atoms with E-state index in [4.69, 9.17) is 9.47 Å². The van der Waals surface area contributed by atoms with Crippen molar-refractivity contribution in [3.05, 3.63) is 95.1 Å². The van der Waals surface area contributed by atoms with Crippen LogP contribution in [0, 0.1) is 6.92 Å². The minimum atomic E-state index is -0.0224. The zero-order chi connectivity index (χ0) is 18.4. The van der Waals surface area contributed by atoms with Crippen molar-refractivity contribution in [1.29, 1.82) is 0 Å². The van der Waals surface area contributed by atoms with Gasteiger partial charge in [0.25, 0.3) is 0 Å². The van der Waals surface area contributed by atoms with E-state index in [0.717, 1.165) is 22.4 Å². The molecule has 0 bridgehead atoms. The van der Waals surface area contributed by atoms with Crippen LogP contribution in [0.1, 0.15) is 34.0 Å². The first-order valence-electron chi connectivity index (χ1n) is 8.63. The molecule has 26 heavy (non-hydrogen) atoms. The van der Waals surface area contributed by atoms with E-state index in [2.05, 4.69) is 0 Å². The van der Waals surface area contributed by atoms with Crippen LogP contribution in [0.15, 0.2) is 72.8 Å². The largest absolute Gasteiger partial charge is 0.488 e. The fourth-order valence-corrected chi connectivity index (χ4v) is 2.76. The quantitative estimate of drug-likeness (QED) is 0.541. The topological polar surface area (TPSA) is 35.5 Å². The van der Waals surface area contributed by atoms with Crippen molar-refractivity contribution in [2.75, 3.05) is 0 Å². The Bertz CT molecular complexity index is 871. The maximum absolute atomic E-state index is 12.0. The van der Waals surface area contributed by atoms with Gasteiger partial charge in [-0.05, 0) is 37.1 Å². The lowest BCUT2D eigenvalue weighted by Gasteiger charge is -2.17. The summed E-state index contributed by atoms with van der Waals surface area (Å²) in [5.74, 6) is 1.29. The molecule has 0 atom stereocenters. The van der Waals surface area contributed by atoms with Crippen molar-refractivity contribution in [3.63, 3.8) is 0 Å². The molecule has 0 aromatic heterocycles. The van der Waals surface area contributed by atoms with Gasteiger partial charge < -0.3 is 9.47 Å². The van der Waals surface area contributed by atoms with Gasteiger partial charge in [0.2, 0.25) is 0 Å². The first kappa shape index (κ1) is 17.7. The van der Waals surface area contributed by atoms with Crippen LogP contribution < -0.4 is 9.47 Å². The zero-order valence-corrected chi connectivity index (χ0v) is 15.1. The number of benzene rings is 3. The van der Waals surface area contributed by atoms with Gasteiger partial charge >= 0.3 is 0 Å². The summed E-state index contributed by atoms with van der Waals surface area (Å²) < 4.78 is 12.0. The number of carbonyl (C=O) groups excluding carboxylic acids is 1. The molecule has 0 aliphatic heterocycles. The molecule has 0 radical (unpaired) electrons. The van der Waals surface area contributed by atoms with E-state index in [9.17, 15) is 4.79 Å². The standard InChI is InChI=1S/C23H22O3/c1-17-22(25-15-19-9-5-3-6-10-19)14-13-21(18(2)24)23(17)26-16-20-11-7-4-8-12-20/h3-14H,15-16H2,1-2H3. The van der Waals surface area contributed by atoms with Crippen LogP contribution >= 0.6 is 0 Å². The van der Waals surface area contributed by atoms with Crippen molar-refractivity contribution >= 4 is 5.78 Å². The van der Waals surface area contributed by atoms with E-state index in [0.29, 0.717) is 24.5 Å². The molecule has 0 heterocycles. The monoisotopic (exact) mass is 346 g/mol. The lowest BCUT2D eigenvalue weighted by molar-refractivity contribution is 0.101. The molecule has 3 rings (SSSR count). The highest BCUT2D eigenvalue weighted by Crippen LogP contribution is 2.33. The number of ether oxygens (including phenoxy) is 2. The Morgan fingerprint density at radius 3 is 1.85 bits per heavy atom. The van der Waals surface area contributed by atoms with Gasteiger partial charge in [0.15, 0.2) is 5.78 Å². The molecule has 0 saturated carbocycles. The normalized spacial score (nSPS) is 10.4. The van der Waals surface area contributed by atoms with Gasteiger partial charge in [0.05, 0.1) is 5.56 Å². The zero-order valence-electron chi connectivity index (χ0n) is 15.1. The van der Waals surface area contributed by atoms with Crippen LogP contribution in [-0.4, -0.2) is 5.78 Å². The molecule has 0 N–H and O–H groups in total. The molecule has 3 heteroatoms. The van der Waals surface area contributed by atoms with Crippen molar-refractivity contribution in [3.8, 4) is 11.5 Å². The lowest BCUT2D eigenvalue weighted by atomic mass is 10.1. The van der Waals surface area contributed by atoms with E-state index >= 15 is 0 Å². The summed E-state index contributed by atoms with van der Waals surface area (Å²) in [6.07, 6.45) is 0. The van der Waals surface area contributed by atoms with Gasteiger partial charge in [-0.15, -0.1) is 0 Å². The summed E-state index contributed by atoms with van der Waals surface area (Å²) in [5, 5.41) is 0. The molecule has 0 aliphatic rings. The Hall–Kier alpha value is -3.07. The maximum atomic E-state index is 12.0. The Morgan fingerprint density at radius 1 is 0.769 bits per heavy atom. The molecule has 3 nitrogen and oxygen atoms in total. The van der Waals surface area contributed by atoms with Crippen LogP contribution in [0.5, 0.6) is 11.5 Å². The lowest BCUT2D eigenvalue weighted by Crippen LogP contribution is -2.05. The van der Waals surface area contributed by atoms with E-state index in [1.807, 2.05) is 73.7 Å². The molecular weight excluding hydrogens is 324 g/mol. The fraction of sp³-hybridized carbons (Fsp3) is 0.174. The molecule has 3 aromatic rings. The number of rotatable bonds is 7. The third-order valence-corrected chi connectivity index (χ3v) is 4.20. The fourth-order valence-electron chi connectivity index (χ4n) is 2.76. The Labute approximate surface area is 154 Å². The summed E-state index contributed by atoms with van der Waals surface area (Å²) in [6, 6.07) is 23.5. The van der Waals surface area contributed by atoms with E-state index in [-0.39, 0.29) is 5.78 Å². The highest BCUT2D eigenvalue weighted by Gasteiger charge is 2.16. The van der Waals surface area contributed by atoms with Crippen LogP contribution in [0.3, 0.4) is 0 Å². The number of carbonyl (C=O) groups is 1. The minimum absolute atomic E-state index is 0.0224. The van der Waals surface area contributed by atoms with Gasteiger partial charge in [-0.2, -0.15) is 0 Å². The van der Waals surface area contributed by atoms with Gasteiger partial charge in [0.1, 0.15) is 24.7 Å². The number of Topliss-reactive ketones (excluding diaryl/α,β-unsaturated/α-hetero) is 1. The molecular formula is C23H22O3. The summed E-state index contributed by atoms with van der Waals surface area (Å²) in [5.41, 5.74) is 3.56. The van der Waals surface area contributed by atoms with Crippen molar-refractivity contribution < 1.29 is 14.3 Å². The van der Waals surface area contributed by atoms with Gasteiger partial charge in [0, 0.05) is 5.56 Å². The second kappa shape index (κ2) is 8.34. The van der Waals surface area contributed by atoms with Gasteiger partial charge in [-0.25, -0.2) is 0 Å². The van der Waals surface area contributed by atoms with Crippen molar-refractivity contribution in [2.24, 2.45) is 0 Å². The van der Waals surface area contributed by atoms with E-state index < -0.39 is 0 Å². The first-order valence-corrected chi connectivity index (χ1v) is 8.63. The predicted octanol–water partition coefficient (Wildman–Crippen LogP) is 5.36. The van der Waals surface area contributed by atoms with E-state index in [1.54, 1.807) is 13.0 Å². The SMILES string of the molecule is CC(=O)c1ccc(OCc2ccccc2)c(C)c1OCc1ccccc1. The van der Waals surface area contributed by atoms with E-state index in [1.165, 1.54) is 0 Å². The van der Waals surface area contributed by atoms with Gasteiger partial charge in [-0.3, -0.25) is 4.79 Å². The number of hydrogen-bond donors (Lipinski definition) is 0. The van der Waals surface area contributed by atoms with Crippen LogP contribution in [-0.2, 0) is 13.2 Å². The molecule has 0 fully saturated rings. The second-order valence-electron chi connectivity index (χ2n) is 6.17. The smallest absolute Gasteiger partial charge is 0.163 e. The summed E-state index contributed by atoms with van der Waals surface area (Å²) in [6.45, 7) is 4.35. The molecule has 0 spiro atoms. The first-order chi connectivity index (χ1) is 12.6. The molecule has 0 unspecified atom stereocenters. The predicted molar refractivity (Wildman–Crippen MR) is 103 cm³/mol. The third-order valence-electron chi connectivity index (χ3n) is 4.20. The summed E-state index contributed by atoms with van der Waals surface area (Å²) in [7, 11) is 0. The van der Waals surface area contributed by atoms with Gasteiger partial charge in [-0.1, -0.05) is 60.7 Å². The molecule has 3 aromatic carbocycles. The van der Waals surface area contributed by atoms with Crippen LogP contribution in [0.25, 0.3) is 0 Å². The average molecular weight is 346 g/mol. The Kier molecular flexibility index (Phi) is 5.69. The number of ketones is 1. The third kappa shape index (κ3) is 4.31. The number of hydrogen-bond acceptors (Lipinski definition) is 3. The Morgan fingerprint density at radius 2 is 1.31 bits per heavy atom. The Balaban J connectivity index is 1.82. The van der Waals surface area contributed by atoms with Crippen LogP contribution in [0.4, 0.5) is 0 Å². The highest BCUT2D eigenvalue weighted by atomic mass is 16.5.